The van der Waals surface area contributed by atoms with Crippen LogP contribution < -0.4 is 28.7 Å². The molecular formula is C68H86Cl2N4O10S2. The van der Waals surface area contributed by atoms with Crippen molar-refractivity contribution in [3.8, 4) is 11.5 Å². The van der Waals surface area contributed by atoms with E-state index in [4.69, 9.17) is 32.7 Å². The minimum Gasteiger partial charge on any atom is -0.490 e. The minimum absolute atomic E-state index is 0.0109. The Morgan fingerprint density at radius 2 is 0.895 bits per heavy atom. The molecule has 464 valence electrons. The summed E-state index contributed by atoms with van der Waals surface area (Å²) in [5.74, 6) is 1.44. The molecule has 4 bridgehead atoms. The molecule has 2 amide bonds. The Bertz CT molecular complexity index is 3220. The zero-order valence-electron chi connectivity index (χ0n) is 49.5. The predicted molar refractivity (Wildman–Crippen MR) is 337 cm³/mol. The molecule has 14 rings (SSSR count). The van der Waals surface area contributed by atoms with Gasteiger partial charge in [0.25, 0.3) is 11.8 Å². The van der Waals surface area contributed by atoms with Gasteiger partial charge in [-0.15, -0.1) is 0 Å². The molecule has 2 spiro atoms. The van der Waals surface area contributed by atoms with E-state index in [2.05, 4.69) is 43.5 Å². The number of sulfonamides is 2. The molecule has 10 aliphatic rings. The Morgan fingerprint density at radius 3 is 1.31 bits per heavy atom. The number of carbonyl (C=O) groups excluding carboxylic acids is 2. The summed E-state index contributed by atoms with van der Waals surface area (Å²) in [7, 11) is -7.70. The number of nitrogens with one attached hydrogen (secondary N) is 2. The molecule has 4 heterocycles. The number of carbonyl (C=O) groups is 2. The van der Waals surface area contributed by atoms with Crippen LogP contribution in [0.4, 0.5) is 11.4 Å². The maximum Gasteiger partial charge on any atom is 0.264 e. The molecule has 0 saturated heterocycles. The number of fused-ring (bicyclic) bond motifs is 10. The molecule has 4 fully saturated rings. The van der Waals surface area contributed by atoms with Crippen LogP contribution in [-0.2, 0) is 43.7 Å². The van der Waals surface area contributed by atoms with Gasteiger partial charge in [-0.05, 0) is 234 Å². The van der Waals surface area contributed by atoms with Crippen molar-refractivity contribution in [2.45, 2.75) is 188 Å². The largest absolute Gasteiger partial charge is 0.490 e. The van der Waals surface area contributed by atoms with Crippen LogP contribution in [0, 0.1) is 35.5 Å². The van der Waals surface area contributed by atoms with E-state index in [9.17, 15) is 36.6 Å². The fraction of sp³-hybridized carbons (Fsp3) is 0.618. The van der Waals surface area contributed by atoms with Gasteiger partial charge < -0.3 is 29.5 Å². The second-order valence-electron chi connectivity index (χ2n) is 27.7. The van der Waals surface area contributed by atoms with Gasteiger partial charge in [0.05, 0.1) is 47.3 Å². The summed E-state index contributed by atoms with van der Waals surface area (Å²) in [6.07, 6.45) is 20.5. The highest BCUT2D eigenvalue weighted by atomic mass is 35.5. The molecule has 0 unspecified atom stereocenters. The molecule has 14 nitrogen and oxygen atoms in total. The molecule has 4 aromatic carbocycles. The molecule has 4 N–H and O–H groups in total. The number of nitrogens with zero attached hydrogens (tertiary/aromatic N) is 2. The second-order valence-corrected chi connectivity index (χ2v) is 32.4. The molecule has 0 radical (unpaired) electrons. The van der Waals surface area contributed by atoms with E-state index in [1.54, 1.807) is 12.1 Å². The first kappa shape index (κ1) is 60.3. The van der Waals surface area contributed by atoms with Crippen LogP contribution in [0.2, 0.25) is 10.0 Å². The third kappa shape index (κ3) is 12.0. The molecule has 0 aromatic heterocycles. The van der Waals surface area contributed by atoms with Crippen molar-refractivity contribution >= 4 is 66.4 Å². The lowest BCUT2D eigenvalue weighted by atomic mass is 9.68. The zero-order valence-corrected chi connectivity index (χ0v) is 52.7. The van der Waals surface area contributed by atoms with Crippen LogP contribution in [-0.4, -0.2) is 101 Å². The quantitative estimate of drug-likeness (QED) is 0.130. The first-order valence-electron chi connectivity index (χ1n) is 32.5. The van der Waals surface area contributed by atoms with Crippen molar-refractivity contribution in [3.05, 3.63) is 116 Å². The van der Waals surface area contributed by atoms with Gasteiger partial charge >= 0.3 is 0 Å². The highest BCUT2D eigenvalue weighted by molar-refractivity contribution is 7.91. The molecule has 4 aliphatic heterocycles. The van der Waals surface area contributed by atoms with Crippen LogP contribution in [0.25, 0.3) is 0 Å². The molecule has 6 aliphatic carbocycles. The van der Waals surface area contributed by atoms with Gasteiger partial charge in [-0.2, -0.15) is 0 Å². The maximum atomic E-state index is 13.6. The summed E-state index contributed by atoms with van der Waals surface area (Å²) in [6.45, 7) is 4.01. The third-order valence-corrected chi connectivity index (χ3v) is 26.8. The highest BCUT2D eigenvalue weighted by Crippen LogP contribution is 2.50. The average Bonchev–Trinajstić information content (AvgIpc) is 2.01. The molecule has 4 saturated carbocycles. The minimum atomic E-state index is -3.85. The van der Waals surface area contributed by atoms with Gasteiger partial charge in [-0.25, -0.2) is 26.3 Å². The van der Waals surface area contributed by atoms with Gasteiger partial charge in [-0.1, -0.05) is 73.9 Å². The number of aryl methyl sites for hydroxylation is 2. The van der Waals surface area contributed by atoms with Crippen LogP contribution >= 0.6 is 23.2 Å². The average molecular weight is 1250 g/mol. The summed E-state index contributed by atoms with van der Waals surface area (Å²) in [5.41, 5.74) is 6.92. The SMILES string of the molecule is O=C1NS(=O)(=O)[C@@H]2CCCC[C@H]2CCC[C@H](O)[C@@H]2CC[C@H]2CN2C[C@@]3(CCCc4cc(Cl)ccc43)COc3ccc1cc32.O=C1NS(=O)(=O)[C@H]2CCCC[C@@H]2CCC[C@H](O)[C@@H]2CC[C@H]2CN2C[C@@]3(CCCc4cc(Cl)ccc43)COc3ccc1cc32. The van der Waals surface area contributed by atoms with Gasteiger partial charge in [0.2, 0.25) is 20.0 Å². The summed E-state index contributed by atoms with van der Waals surface area (Å²) >= 11 is 12.8. The summed E-state index contributed by atoms with van der Waals surface area (Å²) in [4.78, 5) is 31.8. The van der Waals surface area contributed by atoms with Crippen molar-refractivity contribution in [2.24, 2.45) is 35.5 Å². The van der Waals surface area contributed by atoms with Gasteiger partial charge in [0.1, 0.15) is 11.5 Å². The van der Waals surface area contributed by atoms with Crippen molar-refractivity contribution in [2.75, 3.05) is 49.2 Å². The highest BCUT2D eigenvalue weighted by Gasteiger charge is 2.48. The molecule has 18 heteroatoms. The first-order valence-corrected chi connectivity index (χ1v) is 36.4. The van der Waals surface area contributed by atoms with Crippen LogP contribution in [0.5, 0.6) is 11.5 Å². The number of aliphatic hydroxyl groups is 2. The number of rotatable bonds is 0. The molecular weight excluding hydrogens is 1170 g/mol. The standard InChI is InChI=1S/2C34H43ClN2O5S/c2*35-26-12-14-28-23(17-26)7-4-16-34(28)20-37-19-25-10-13-27(25)30(38)8-3-6-22-5-1-2-9-32(22)43(40,41)36-33(39)24-11-15-31(42-21-34)29(37)18-24/h2*11-12,14-15,17-18,22,25,27,30,32,38H,1-10,13,16,19-21H2,(H,36,39)/t22-,25+,27-,30+,32+,34+;22-,25-,27+,30-,32+,34-/m10/s1. The van der Waals surface area contributed by atoms with Crippen LogP contribution in [0.1, 0.15) is 184 Å². The van der Waals surface area contributed by atoms with E-state index >= 15 is 0 Å². The van der Waals surface area contributed by atoms with E-state index < -0.39 is 42.4 Å². The topological polar surface area (TPSA) is 192 Å². The van der Waals surface area contributed by atoms with E-state index in [0.717, 1.165) is 176 Å². The fourth-order valence-electron chi connectivity index (χ4n) is 17.7. The van der Waals surface area contributed by atoms with Gasteiger partial charge in [0.15, 0.2) is 0 Å². The van der Waals surface area contributed by atoms with Gasteiger partial charge in [-0.3, -0.25) is 9.59 Å². The smallest absolute Gasteiger partial charge is 0.264 e. The Morgan fingerprint density at radius 1 is 0.477 bits per heavy atom. The third-order valence-electron chi connectivity index (χ3n) is 22.5. The Balaban J connectivity index is 0.000000160. The molecule has 4 aromatic rings. The number of hydrogen-bond acceptors (Lipinski definition) is 12. The van der Waals surface area contributed by atoms with E-state index in [1.165, 1.54) is 22.3 Å². The lowest BCUT2D eigenvalue weighted by molar-refractivity contribution is 0.00808. The molecule has 12 atom stereocenters. The monoisotopic (exact) mass is 1250 g/mol. The summed E-state index contributed by atoms with van der Waals surface area (Å²) < 4.78 is 72.3. The second kappa shape index (κ2) is 24.7. The fourth-order valence-corrected chi connectivity index (χ4v) is 21.6. The van der Waals surface area contributed by atoms with E-state index in [-0.39, 0.29) is 46.7 Å². The summed E-state index contributed by atoms with van der Waals surface area (Å²) in [5, 5.41) is 23.0. The van der Waals surface area contributed by atoms with Crippen molar-refractivity contribution in [3.63, 3.8) is 0 Å². The number of hydrogen-bond donors (Lipinski definition) is 4. The summed E-state index contributed by atoms with van der Waals surface area (Å²) in [6, 6.07) is 23.1. The lowest BCUT2D eigenvalue weighted by Crippen LogP contribution is -2.49. The predicted octanol–water partition coefficient (Wildman–Crippen LogP) is 12.0. The van der Waals surface area contributed by atoms with Gasteiger partial charge in [0, 0.05) is 58.2 Å². The van der Waals surface area contributed by atoms with Crippen LogP contribution in [0.3, 0.4) is 0 Å². The normalized spacial score (nSPS) is 34.0. The van der Waals surface area contributed by atoms with Crippen molar-refractivity contribution < 1.29 is 46.1 Å². The first-order chi connectivity index (χ1) is 41.4. The van der Waals surface area contributed by atoms with E-state index in [1.807, 2.05) is 36.4 Å². The molecule has 86 heavy (non-hydrogen) atoms. The number of halogens is 2. The number of anilines is 2. The number of benzene rings is 4. The Kier molecular flexibility index (Phi) is 17.3. The number of ether oxygens (including phenoxy) is 2. The number of aliphatic hydroxyl groups excluding tert-OH is 2. The van der Waals surface area contributed by atoms with Crippen molar-refractivity contribution in [1.29, 1.82) is 0 Å². The Hall–Kier alpha value is -4.58. The van der Waals surface area contributed by atoms with E-state index in [0.29, 0.717) is 73.4 Å². The lowest BCUT2D eigenvalue weighted by Gasteiger charge is -2.46. The van der Waals surface area contributed by atoms with Crippen molar-refractivity contribution in [1.82, 2.24) is 9.44 Å². The maximum absolute atomic E-state index is 13.6. The van der Waals surface area contributed by atoms with Crippen LogP contribution in [0.15, 0.2) is 72.8 Å². The number of amides is 2. The Labute approximate surface area is 518 Å². The zero-order chi connectivity index (χ0) is 59.5.